The Labute approximate surface area is 273 Å². The number of hydrogen-bond acceptors (Lipinski definition) is 8. The van der Waals surface area contributed by atoms with Gasteiger partial charge in [0.2, 0.25) is 11.8 Å². The number of anilines is 1. The van der Waals surface area contributed by atoms with E-state index in [1.807, 2.05) is 30.3 Å². The third-order valence-electron chi connectivity index (χ3n) is 6.64. The van der Waals surface area contributed by atoms with Crippen molar-refractivity contribution < 1.29 is 19.1 Å². The molecule has 1 atom stereocenters. The summed E-state index contributed by atoms with van der Waals surface area (Å²) in [5, 5.41) is 20.2. The number of aromatic amines is 1. The van der Waals surface area contributed by atoms with Crippen LogP contribution in [0.2, 0.25) is 10.2 Å². The minimum Gasteiger partial charge on any atom is -0.453 e. The van der Waals surface area contributed by atoms with Crippen molar-refractivity contribution in [3.05, 3.63) is 112 Å². The first-order valence-electron chi connectivity index (χ1n) is 13.8. The van der Waals surface area contributed by atoms with Crippen molar-refractivity contribution >= 4 is 52.9 Å². The molecule has 2 heterocycles. The first-order chi connectivity index (χ1) is 22.3. The lowest BCUT2D eigenvalue weighted by Gasteiger charge is -2.16. The molecule has 0 bridgehead atoms. The van der Waals surface area contributed by atoms with E-state index in [0.29, 0.717) is 39.8 Å². The fourth-order valence-corrected chi connectivity index (χ4v) is 4.83. The summed E-state index contributed by atoms with van der Waals surface area (Å²) >= 11 is 12.7. The van der Waals surface area contributed by atoms with Gasteiger partial charge in [0.05, 0.1) is 25.3 Å². The second-order valence-corrected chi connectivity index (χ2v) is 10.6. The number of ether oxygens (including phenoxy) is 1. The lowest BCUT2D eigenvalue weighted by atomic mass is 10.1. The van der Waals surface area contributed by atoms with Crippen LogP contribution in [0.3, 0.4) is 0 Å². The molecule has 0 aliphatic heterocycles. The number of nitrogens with one attached hydrogen (secondary N) is 4. The molecule has 234 valence electrons. The Hall–Kier alpha value is -5.53. The van der Waals surface area contributed by atoms with Crippen molar-refractivity contribution in [3.8, 4) is 16.9 Å². The average molecular weight is 661 g/mol. The molecule has 2 aromatic heterocycles. The van der Waals surface area contributed by atoms with E-state index in [1.54, 1.807) is 48.5 Å². The summed E-state index contributed by atoms with van der Waals surface area (Å²) in [7, 11) is 1.27. The lowest BCUT2D eigenvalue weighted by Crippen LogP contribution is -2.33. The molecule has 0 saturated heterocycles. The van der Waals surface area contributed by atoms with Gasteiger partial charge in [-0.3, -0.25) is 14.9 Å². The fourth-order valence-electron chi connectivity index (χ4n) is 4.40. The standard InChI is InChI=1S/C31H27Cl2N9O4/c1-46-31(45)36-23-11-7-20(8-12-23)28-29(33)39-30(38-28)24(16-27(44)34-17-19-5-3-2-4-6-19)37-26(43)14-9-21-15-22(32)10-13-25(21)42-18-35-40-41-42/h2-15,18,24H,16-17H2,1H3,(H,34,44)(H,36,45)(H,37,43)(H,38,39)/t24-/m0/s1. The summed E-state index contributed by atoms with van der Waals surface area (Å²) in [5.41, 5.74) is 3.65. The molecular weight excluding hydrogens is 633 g/mol. The summed E-state index contributed by atoms with van der Waals surface area (Å²) in [5.74, 6) is -0.553. The number of halogens is 2. The van der Waals surface area contributed by atoms with Gasteiger partial charge in [0, 0.05) is 34.5 Å². The van der Waals surface area contributed by atoms with E-state index in [-0.39, 0.29) is 23.3 Å². The highest BCUT2D eigenvalue weighted by atomic mass is 35.5. The fraction of sp³-hybridized carbons (Fsp3) is 0.129. The van der Waals surface area contributed by atoms with Gasteiger partial charge >= 0.3 is 6.09 Å². The first-order valence-corrected chi connectivity index (χ1v) is 14.6. The molecule has 0 aliphatic rings. The van der Waals surface area contributed by atoms with Gasteiger partial charge < -0.3 is 20.4 Å². The molecule has 4 N–H and O–H groups in total. The smallest absolute Gasteiger partial charge is 0.411 e. The summed E-state index contributed by atoms with van der Waals surface area (Å²) < 4.78 is 6.06. The summed E-state index contributed by atoms with van der Waals surface area (Å²) in [6, 6.07) is 20.4. The lowest BCUT2D eigenvalue weighted by molar-refractivity contribution is -0.122. The number of amides is 3. The van der Waals surface area contributed by atoms with Crippen LogP contribution in [-0.2, 0) is 20.9 Å². The molecule has 0 spiro atoms. The van der Waals surface area contributed by atoms with Crippen molar-refractivity contribution in [1.82, 2.24) is 40.8 Å². The Morgan fingerprint density at radius 2 is 1.83 bits per heavy atom. The molecule has 5 aromatic rings. The maximum Gasteiger partial charge on any atom is 0.411 e. The Morgan fingerprint density at radius 1 is 1.04 bits per heavy atom. The summed E-state index contributed by atoms with van der Waals surface area (Å²) in [4.78, 5) is 45.4. The van der Waals surface area contributed by atoms with E-state index in [4.69, 9.17) is 23.2 Å². The van der Waals surface area contributed by atoms with Crippen molar-refractivity contribution in [2.75, 3.05) is 12.4 Å². The Balaban J connectivity index is 1.37. The number of aromatic nitrogens is 6. The van der Waals surface area contributed by atoms with Crippen LogP contribution >= 0.6 is 23.2 Å². The SMILES string of the molecule is COC(=O)Nc1ccc(-c2nc([C@H](CC(=O)NCc3ccccc3)NC(=O)C=Cc3cc(Cl)ccc3-n3cnnn3)[nH]c2Cl)cc1. The maximum atomic E-state index is 13.2. The third-order valence-corrected chi connectivity index (χ3v) is 7.14. The summed E-state index contributed by atoms with van der Waals surface area (Å²) in [6.45, 7) is 0.311. The molecule has 46 heavy (non-hydrogen) atoms. The number of benzene rings is 3. The van der Waals surface area contributed by atoms with Gasteiger partial charge in [0.15, 0.2) is 0 Å². The second kappa shape index (κ2) is 15.0. The zero-order valence-electron chi connectivity index (χ0n) is 24.3. The maximum absolute atomic E-state index is 13.2. The van der Waals surface area contributed by atoms with E-state index in [9.17, 15) is 14.4 Å². The Kier molecular flexibility index (Phi) is 10.4. The van der Waals surface area contributed by atoms with E-state index >= 15 is 0 Å². The topological polar surface area (TPSA) is 169 Å². The van der Waals surface area contributed by atoms with Crippen molar-refractivity contribution in [2.45, 2.75) is 19.0 Å². The zero-order chi connectivity index (χ0) is 32.5. The largest absolute Gasteiger partial charge is 0.453 e. The molecule has 0 aliphatic carbocycles. The molecular formula is C31H27Cl2N9O4. The molecule has 13 nitrogen and oxygen atoms in total. The van der Waals surface area contributed by atoms with Gasteiger partial charge in [0.25, 0.3) is 0 Å². The van der Waals surface area contributed by atoms with Gasteiger partial charge in [-0.2, -0.15) is 4.68 Å². The van der Waals surface area contributed by atoms with Crippen LogP contribution in [0.5, 0.6) is 0 Å². The highest BCUT2D eigenvalue weighted by Gasteiger charge is 2.23. The molecule has 5 rings (SSSR count). The molecule has 0 saturated carbocycles. The predicted octanol–water partition coefficient (Wildman–Crippen LogP) is 5.11. The van der Waals surface area contributed by atoms with Crippen molar-refractivity contribution in [2.24, 2.45) is 0 Å². The van der Waals surface area contributed by atoms with E-state index < -0.39 is 18.0 Å². The number of methoxy groups -OCH3 is 1. The predicted molar refractivity (Wildman–Crippen MR) is 172 cm³/mol. The molecule has 0 fully saturated rings. The van der Waals surface area contributed by atoms with Crippen LogP contribution in [0, 0.1) is 0 Å². The quantitative estimate of drug-likeness (QED) is 0.142. The van der Waals surface area contributed by atoms with E-state index in [1.165, 1.54) is 24.2 Å². The van der Waals surface area contributed by atoms with Crippen LogP contribution in [-0.4, -0.2) is 55.2 Å². The number of carbonyl (C=O) groups excluding carboxylic acids is 3. The van der Waals surface area contributed by atoms with E-state index in [0.717, 1.165) is 5.56 Å². The van der Waals surface area contributed by atoms with Crippen LogP contribution < -0.4 is 16.0 Å². The highest BCUT2D eigenvalue weighted by molar-refractivity contribution is 6.32. The molecule has 3 amide bonds. The van der Waals surface area contributed by atoms with Gasteiger partial charge in [-0.15, -0.1) is 5.10 Å². The van der Waals surface area contributed by atoms with Crippen LogP contribution in [0.4, 0.5) is 10.5 Å². The number of hydrogen-bond donors (Lipinski definition) is 4. The van der Waals surface area contributed by atoms with Crippen LogP contribution in [0.15, 0.2) is 85.2 Å². The minimum atomic E-state index is -0.877. The highest BCUT2D eigenvalue weighted by Crippen LogP contribution is 2.29. The van der Waals surface area contributed by atoms with Gasteiger partial charge in [-0.05, 0) is 52.4 Å². The number of carbonyl (C=O) groups is 3. The summed E-state index contributed by atoms with van der Waals surface area (Å²) in [6.07, 6.45) is 3.56. The molecule has 3 aromatic carbocycles. The number of imidazole rings is 1. The van der Waals surface area contributed by atoms with Crippen LogP contribution in [0.25, 0.3) is 23.0 Å². The minimum absolute atomic E-state index is 0.134. The molecule has 0 unspecified atom stereocenters. The molecule has 15 heteroatoms. The van der Waals surface area contributed by atoms with Crippen molar-refractivity contribution in [1.29, 1.82) is 0 Å². The van der Waals surface area contributed by atoms with Gasteiger partial charge in [-0.1, -0.05) is 65.7 Å². The van der Waals surface area contributed by atoms with Crippen LogP contribution in [0.1, 0.15) is 29.4 Å². The third kappa shape index (κ3) is 8.34. The Bertz CT molecular complexity index is 1840. The average Bonchev–Trinajstić information content (AvgIpc) is 3.74. The monoisotopic (exact) mass is 659 g/mol. The second-order valence-electron chi connectivity index (χ2n) is 9.80. The number of rotatable bonds is 11. The van der Waals surface area contributed by atoms with Crippen molar-refractivity contribution in [3.63, 3.8) is 0 Å². The first kappa shape index (κ1) is 31.9. The number of tetrazole rings is 1. The number of nitrogens with zero attached hydrogens (tertiary/aromatic N) is 5. The van der Waals surface area contributed by atoms with Gasteiger partial charge in [0.1, 0.15) is 23.0 Å². The zero-order valence-corrected chi connectivity index (χ0v) is 25.8. The van der Waals surface area contributed by atoms with E-state index in [2.05, 4.69) is 46.2 Å². The normalized spacial score (nSPS) is 11.6. The molecule has 0 radical (unpaired) electrons. The Morgan fingerprint density at radius 3 is 2.54 bits per heavy atom. The number of H-pyrrole nitrogens is 1. The van der Waals surface area contributed by atoms with Gasteiger partial charge in [-0.25, -0.2) is 9.78 Å².